The quantitative estimate of drug-likeness (QED) is 0.796. The standard InChI is InChI=1S/C17H19ClN2O3S2/c1-12-19-11-13(24-12)10-17(21)20-7-6-16(25(22,23)9-8-20)14-4-2-3-5-15(14)18/h2-5,11,16H,6-10H2,1H3/t16-/m0/s1. The van der Waals surface area contributed by atoms with Crippen LogP contribution in [0.25, 0.3) is 0 Å². The van der Waals surface area contributed by atoms with Gasteiger partial charge in [-0.05, 0) is 25.0 Å². The fraction of sp³-hybridized carbons (Fsp3) is 0.412. The van der Waals surface area contributed by atoms with Gasteiger partial charge in [-0.3, -0.25) is 4.79 Å². The number of sulfone groups is 1. The smallest absolute Gasteiger partial charge is 0.227 e. The maximum atomic E-state index is 12.7. The van der Waals surface area contributed by atoms with Gasteiger partial charge in [0.1, 0.15) is 0 Å². The van der Waals surface area contributed by atoms with E-state index in [1.807, 2.05) is 6.92 Å². The molecule has 1 aliphatic rings. The molecule has 0 saturated carbocycles. The first kappa shape index (κ1) is 18.4. The molecule has 2 aromatic rings. The molecule has 1 saturated heterocycles. The van der Waals surface area contributed by atoms with E-state index in [1.54, 1.807) is 35.4 Å². The summed E-state index contributed by atoms with van der Waals surface area (Å²) in [5.74, 6) is -0.102. The molecule has 0 N–H and O–H groups in total. The van der Waals surface area contributed by atoms with Crippen molar-refractivity contribution in [3.8, 4) is 0 Å². The van der Waals surface area contributed by atoms with Crippen LogP contribution in [0.5, 0.6) is 0 Å². The van der Waals surface area contributed by atoms with Gasteiger partial charge in [-0.1, -0.05) is 29.8 Å². The van der Waals surface area contributed by atoms with Crippen molar-refractivity contribution in [3.05, 3.63) is 50.9 Å². The lowest BCUT2D eigenvalue weighted by Gasteiger charge is -2.19. The zero-order valence-electron chi connectivity index (χ0n) is 13.8. The fourth-order valence-corrected chi connectivity index (χ4v) is 5.96. The molecule has 25 heavy (non-hydrogen) atoms. The zero-order valence-corrected chi connectivity index (χ0v) is 16.2. The maximum Gasteiger partial charge on any atom is 0.227 e. The Morgan fingerprint density at radius 1 is 1.36 bits per heavy atom. The Labute approximate surface area is 156 Å². The average molecular weight is 399 g/mol. The number of thiazole rings is 1. The summed E-state index contributed by atoms with van der Waals surface area (Å²) in [5, 5.41) is 0.709. The van der Waals surface area contributed by atoms with E-state index in [1.165, 1.54) is 11.3 Å². The van der Waals surface area contributed by atoms with E-state index >= 15 is 0 Å². The predicted molar refractivity (Wildman–Crippen MR) is 99.7 cm³/mol. The van der Waals surface area contributed by atoms with Gasteiger partial charge in [0.25, 0.3) is 0 Å². The predicted octanol–water partition coefficient (Wildman–Crippen LogP) is 3.04. The normalized spacial score (nSPS) is 20.2. The van der Waals surface area contributed by atoms with Gasteiger partial charge in [-0.2, -0.15) is 0 Å². The molecule has 3 rings (SSSR count). The number of rotatable bonds is 3. The first-order chi connectivity index (χ1) is 11.9. The number of halogens is 1. The highest BCUT2D eigenvalue weighted by Gasteiger charge is 2.33. The Morgan fingerprint density at radius 2 is 2.12 bits per heavy atom. The first-order valence-electron chi connectivity index (χ1n) is 8.02. The van der Waals surface area contributed by atoms with Crippen molar-refractivity contribution in [1.82, 2.24) is 9.88 Å². The molecule has 134 valence electrons. The van der Waals surface area contributed by atoms with Gasteiger partial charge in [-0.15, -0.1) is 11.3 Å². The lowest BCUT2D eigenvalue weighted by Crippen LogP contribution is -2.34. The molecule has 8 heteroatoms. The van der Waals surface area contributed by atoms with E-state index in [9.17, 15) is 13.2 Å². The third kappa shape index (κ3) is 4.22. The van der Waals surface area contributed by atoms with Gasteiger partial charge in [-0.25, -0.2) is 13.4 Å². The zero-order chi connectivity index (χ0) is 18.0. The van der Waals surface area contributed by atoms with E-state index < -0.39 is 15.1 Å². The monoisotopic (exact) mass is 398 g/mol. The summed E-state index contributed by atoms with van der Waals surface area (Å²) >= 11 is 7.69. The minimum Gasteiger partial charge on any atom is -0.341 e. The van der Waals surface area contributed by atoms with Gasteiger partial charge >= 0.3 is 0 Å². The number of nitrogens with zero attached hydrogens (tertiary/aromatic N) is 2. The lowest BCUT2D eigenvalue weighted by molar-refractivity contribution is -0.130. The number of aryl methyl sites for hydroxylation is 1. The maximum absolute atomic E-state index is 12.7. The Hall–Kier alpha value is -1.44. The molecule has 0 bridgehead atoms. The Balaban J connectivity index is 1.76. The molecule has 0 radical (unpaired) electrons. The molecule has 5 nitrogen and oxygen atoms in total. The molecule has 1 amide bonds. The van der Waals surface area contributed by atoms with Crippen LogP contribution in [0.2, 0.25) is 5.02 Å². The SMILES string of the molecule is Cc1ncc(CC(=O)N2CC[C@@H](c3ccccc3Cl)S(=O)(=O)CC2)s1. The minimum atomic E-state index is -3.36. The van der Waals surface area contributed by atoms with E-state index in [0.717, 1.165) is 9.88 Å². The number of hydrogen-bond acceptors (Lipinski definition) is 5. The van der Waals surface area contributed by atoms with Crippen molar-refractivity contribution in [2.45, 2.75) is 25.0 Å². The van der Waals surface area contributed by atoms with Crippen molar-refractivity contribution in [2.75, 3.05) is 18.8 Å². The van der Waals surface area contributed by atoms with Crippen molar-refractivity contribution >= 4 is 38.7 Å². The topological polar surface area (TPSA) is 67.3 Å². The molecule has 1 atom stereocenters. The van der Waals surface area contributed by atoms with Crippen LogP contribution >= 0.6 is 22.9 Å². The van der Waals surface area contributed by atoms with Crippen LogP contribution in [0.15, 0.2) is 30.5 Å². The lowest BCUT2D eigenvalue weighted by atomic mass is 10.1. The third-order valence-corrected chi connectivity index (χ3v) is 7.71. The second kappa shape index (κ2) is 7.43. The molecular weight excluding hydrogens is 380 g/mol. The molecule has 1 aliphatic heterocycles. The second-order valence-electron chi connectivity index (χ2n) is 6.07. The van der Waals surface area contributed by atoms with Gasteiger partial charge in [0, 0.05) is 29.2 Å². The number of hydrogen-bond donors (Lipinski definition) is 0. The highest BCUT2D eigenvalue weighted by Crippen LogP contribution is 2.34. The van der Waals surface area contributed by atoms with Gasteiger partial charge in [0.2, 0.25) is 5.91 Å². The number of amides is 1. The van der Waals surface area contributed by atoms with Crippen LogP contribution in [0.1, 0.15) is 27.1 Å². The van der Waals surface area contributed by atoms with Crippen LogP contribution in [0, 0.1) is 6.92 Å². The summed E-state index contributed by atoms with van der Waals surface area (Å²) in [5.41, 5.74) is 0.622. The molecule has 1 aromatic carbocycles. The summed E-state index contributed by atoms with van der Waals surface area (Å²) in [6.45, 7) is 2.52. The van der Waals surface area contributed by atoms with Crippen LogP contribution in [0.3, 0.4) is 0 Å². The fourth-order valence-electron chi connectivity index (χ4n) is 3.03. The number of benzene rings is 1. The summed E-state index contributed by atoms with van der Waals surface area (Å²) in [7, 11) is -3.36. The molecule has 0 unspecified atom stereocenters. The third-order valence-electron chi connectivity index (χ3n) is 4.34. The molecule has 1 fully saturated rings. The number of aromatic nitrogens is 1. The highest BCUT2D eigenvalue weighted by molar-refractivity contribution is 7.91. The van der Waals surface area contributed by atoms with Gasteiger partial charge < -0.3 is 4.90 Å². The van der Waals surface area contributed by atoms with Crippen molar-refractivity contribution in [2.24, 2.45) is 0 Å². The van der Waals surface area contributed by atoms with Crippen LogP contribution < -0.4 is 0 Å². The number of carbonyl (C=O) groups excluding carboxylic acids is 1. The van der Waals surface area contributed by atoms with E-state index in [-0.39, 0.29) is 24.6 Å². The molecule has 2 heterocycles. The highest BCUT2D eigenvalue weighted by atomic mass is 35.5. The molecule has 1 aromatic heterocycles. The summed E-state index contributed by atoms with van der Waals surface area (Å²) < 4.78 is 25.4. The van der Waals surface area contributed by atoms with Crippen LogP contribution in [0.4, 0.5) is 0 Å². The van der Waals surface area contributed by atoms with Crippen molar-refractivity contribution in [3.63, 3.8) is 0 Å². The molecule has 0 aliphatic carbocycles. The number of carbonyl (C=O) groups is 1. The van der Waals surface area contributed by atoms with Crippen molar-refractivity contribution in [1.29, 1.82) is 0 Å². The average Bonchev–Trinajstić information content (AvgIpc) is 2.88. The Morgan fingerprint density at radius 3 is 2.80 bits per heavy atom. The van der Waals surface area contributed by atoms with Crippen molar-refractivity contribution < 1.29 is 13.2 Å². The van der Waals surface area contributed by atoms with Gasteiger partial charge in [0.05, 0.1) is 22.4 Å². The van der Waals surface area contributed by atoms with Crippen LogP contribution in [-0.2, 0) is 21.1 Å². The molecule has 0 spiro atoms. The van der Waals surface area contributed by atoms with E-state index in [0.29, 0.717) is 23.6 Å². The largest absolute Gasteiger partial charge is 0.341 e. The van der Waals surface area contributed by atoms with E-state index in [2.05, 4.69) is 4.98 Å². The van der Waals surface area contributed by atoms with Gasteiger partial charge in [0.15, 0.2) is 9.84 Å². The summed E-state index contributed by atoms with van der Waals surface area (Å²) in [6, 6.07) is 7.02. The summed E-state index contributed by atoms with van der Waals surface area (Å²) in [6.07, 6.45) is 2.33. The molecular formula is C17H19ClN2O3S2. The van der Waals surface area contributed by atoms with E-state index in [4.69, 9.17) is 11.6 Å². The summed E-state index contributed by atoms with van der Waals surface area (Å²) in [4.78, 5) is 19.2. The Bertz CT molecular complexity index is 880. The first-order valence-corrected chi connectivity index (χ1v) is 10.9. The second-order valence-corrected chi connectivity index (χ2v) is 10.1. The minimum absolute atomic E-state index is 0.0453. The Kier molecular flexibility index (Phi) is 5.46. The van der Waals surface area contributed by atoms with Crippen LogP contribution in [-0.4, -0.2) is 43.1 Å².